The minimum atomic E-state index is -4.41. The minimum absolute atomic E-state index is 0.334. The molecule has 1 aromatic heterocycles. The highest BCUT2D eigenvalue weighted by molar-refractivity contribution is 5.71. The van der Waals surface area contributed by atoms with Crippen molar-refractivity contribution >= 4 is 0 Å². The lowest BCUT2D eigenvalue weighted by Gasteiger charge is -2.12. The molecule has 0 saturated carbocycles. The van der Waals surface area contributed by atoms with E-state index in [9.17, 15) is 18.4 Å². The van der Waals surface area contributed by atoms with Crippen LogP contribution >= 0.6 is 0 Å². The van der Waals surface area contributed by atoms with Crippen LogP contribution in [0.5, 0.6) is 0 Å². The van der Waals surface area contributed by atoms with E-state index in [2.05, 4.69) is 11.1 Å². The van der Waals surface area contributed by atoms with Gasteiger partial charge in [-0.05, 0) is 55.3 Å². The standard InChI is InChI=1S/C22H16F3N4/c1-13-7-17(22(23,24)25)4-5-18(13)19-11-28-12-20(29(19)3)21-14(2)6-15(9-26)8-16(21)10-27/h4-8,11-12H,1-3H3/q+1. The molecule has 0 bridgehead atoms. The van der Waals surface area contributed by atoms with Crippen molar-refractivity contribution in [3.63, 3.8) is 0 Å². The second-order valence-corrected chi connectivity index (χ2v) is 6.70. The highest BCUT2D eigenvalue weighted by Crippen LogP contribution is 2.33. The Morgan fingerprint density at radius 3 is 2.21 bits per heavy atom. The fourth-order valence-electron chi connectivity index (χ4n) is 3.37. The summed E-state index contributed by atoms with van der Waals surface area (Å²) >= 11 is 0. The summed E-state index contributed by atoms with van der Waals surface area (Å²) in [4.78, 5) is 4.25. The van der Waals surface area contributed by atoms with Gasteiger partial charge in [0.1, 0.15) is 13.1 Å². The largest absolute Gasteiger partial charge is 0.416 e. The fraction of sp³-hybridized carbons (Fsp3) is 0.182. The number of aromatic nitrogens is 2. The van der Waals surface area contributed by atoms with E-state index in [0.717, 1.165) is 17.7 Å². The fourth-order valence-corrected chi connectivity index (χ4v) is 3.37. The molecule has 29 heavy (non-hydrogen) atoms. The van der Waals surface area contributed by atoms with Gasteiger partial charge in [0.05, 0.1) is 46.3 Å². The van der Waals surface area contributed by atoms with Crippen LogP contribution < -0.4 is 4.57 Å². The highest BCUT2D eigenvalue weighted by Gasteiger charge is 2.31. The molecule has 0 aliphatic carbocycles. The Kier molecular flexibility index (Phi) is 5.09. The van der Waals surface area contributed by atoms with Crippen LogP contribution in [0.1, 0.15) is 27.8 Å². The first-order valence-corrected chi connectivity index (χ1v) is 8.65. The van der Waals surface area contributed by atoms with E-state index >= 15 is 0 Å². The number of alkyl halides is 3. The summed E-state index contributed by atoms with van der Waals surface area (Å²) in [5, 5.41) is 18.7. The Hall–Kier alpha value is -3.71. The molecule has 0 radical (unpaired) electrons. The Morgan fingerprint density at radius 2 is 1.62 bits per heavy atom. The zero-order valence-electron chi connectivity index (χ0n) is 16.0. The summed E-state index contributed by atoms with van der Waals surface area (Å²) < 4.78 is 40.7. The minimum Gasteiger partial charge on any atom is -0.251 e. The quantitative estimate of drug-likeness (QED) is 0.597. The molecule has 0 amide bonds. The molecule has 3 rings (SSSR count). The average molecular weight is 393 g/mol. The topological polar surface area (TPSA) is 64.3 Å². The van der Waals surface area contributed by atoms with Crippen molar-refractivity contribution in [2.75, 3.05) is 0 Å². The second kappa shape index (κ2) is 7.37. The van der Waals surface area contributed by atoms with Crippen molar-refractivity contribution in [3.8, 4) is 34.7 Å². The van der Waals surface area contributed by atoms with Crippen molar-refractivity contribution in [1.82, 2.24) is 4.98 Å². The van der Waals surface area contributed by atoms with E-state index in [1.165, 1.54) is 12.1 Å². The van der Waals surface area contributed by atoms with Gasteiger partial charge in [-0.15, -0.1) is 0 Å². The Morgan fingerprint density at radius 1 is 0.931 bits per heavy atom. The van der Waals surface area contributed by atoms with Crippen LogP contribution in [0.3, 0.4) is 0 Å². The molecule has 144 valence electrons. The van der Waals surface area contributed by atoms with E-state index in [1.807, 2.05) is 6.07 Å². The number of hydrogen-bond donors (Lipinski definition) is 0. The summed E-state index contributed by atoms with van der Waals surface area (Å²) in [7, 11) is 1.77. The van der Waals surface area contributed by atoms with Gasteiger partial charge in [0.25, 0.3) is 0 Å². The smallest absolute Gasteiger partial charge is 0.251 e. The lowest BCUT2D eigenvalue weighted by molar-refractivity contribution is -0.649. The Balaban J connectivity index is 2.22. The number of aryl methyl sites for hydroxylation is 2. The van der Waals surface area contributed by atoms with Crippen molar-refractivity contribution in [2.45, 2.75) is 20.0 Å². The normalized spacial score (nSPS) is 11.0. The van der Waals surface area contributed by atoms with Crippen LogP contribution in [-0.4, -0.2) is 4.98 Å². The maximum Gasteiger partial charge on any atom is 0.416 e. The van der Waals surface area contributed by atoms with Gasteiger partial charge in [0, 0.05) is 0 Å². The van der Waals surface area contributed by atoms with Crippen LogP contribution in [0.2, 0.25) is 0 Å². The number of rotatable bonds is 2. The molecule has 0 saturated heterocycles. The first-order chi connectivity index (χ1) is 13.7. The Labute approximate surface area is 166 Å². The third-order valence-corrected chi connectivity index (χ3v) is 4.79. The summed E-state index contributed by atoms with van der Waals surface area (Å²) in [5.74, 6) is 0. The monoisotopic (exact) mass is 393 g/mol. The van der Waals surface area contributed by atoms with E-state index in [0.29, 0.717) is 39.2 Å². The zero-order chi connectivity index (χ0) is 21.3. The molecule has 1 heterocycles. The maximum absolute atomic E-state index is 13.0. The van der Waals surface area contributed by atoms with Crippen molar-refractivity contribution in [2.24, 2.45) is 7.05 Å². The number of benzene rings is 2. The predicted octanol–water partition coefficient (Wildman–Crippen LogP) is 4.62. The van der Waals surface area contributed by atoms with E-state index in [4.69, 9.17) is 5.26 Å². The third kappa shape index (κ3) is 3.68. The SMILES string of the molecule is Cc1cc(C(F)(F)F)ccc1-c1cncc(-c2c(C)cc(C#N)cc2C#N)[n+]1C. The van der Waals surface area contributed by atoms with Gasteiger partial charge >= 0.3 is 6.18 Å². The molecule has 7 heteroatoms. The summed E-state index contributed by atoms with van der Waals surface area (Å²) in [6, 6.07) is 10.9. The second-order valence-electron chi connectivity index (χ2n) is 6.70. The first kappa shape index (κ1) is 20.0. The van der Waals surface area contributed by atoms with Crippen LogP contribution in [0.15, 0.2) is 42.7 Å². The number of nitriles is 2. The molecule has 4 nitrogen and oxygen atoms in total. The number of hydrogen-bond acceptors (Lipinski definition) is 3. The molecule has 0 atom stereocenters. The number of halogens is 3. The van der Waals surface area contributed by atoms with E-state index in [-0.39, 0.29) is 0 Å². The van der Waals surface area contributed by atoms with Gasteiger partial charge in [-0.1, -0.05) is 0 Å². The van der Waals surface area contributed by atoms with Gasteiger partial charge in [-0.3, -0.25) is 4.98 Å². The Bertz CT molecular complexity index is 1200. The summed E-state index contributed by atoms with van der Waals surface area (Å²) in [6.07, 6.45) is -1.24. The molecule has 0 unspecified atom stereocenters. The van der Waals surface area contributed by atoms with Gasteiger partial charge in [0.2, 0.25) is 11.4 Å². The van der Waals surface area contributed by atoms with Crippen LogP contribution in [0.4, 0.5) is 13.2 Å². The van der Waals surface area contributed by atoms with E-state index in [1.54, 1.807) is 43.9 Å². The predicted molar refractivity (Wildman–Crippen MR) is 100 cm³/mol. The summed E-state index contributed by atoms with van der Waals surface area (Å²) in [5.41, 5.74) is 3.69. The van der Waals surface area contributed by atoms with Gasteiger partial charge in [0.15, 0.2) is 0 Å². The molecule has 0 N–H and O–H groups in total. The number of nitrogens with zero attached hydrogens (tertiary/aromatic N) is 4. The molecule has 3 aromatic rings. The molecule has 0 fully saturated rings. The molecular weight excluding hydrogens is 377 g/mol. The van der Waals surface area contributed by atoms with Crippen molar-refractivity contribution < 1.29 is 17.7 Å². The van der Waals surface area contributed by atoms with Crippen molar-refractivity contribution in [1.29, 1.82) is 10.5 Å². The first-order valence-electron chi connectivity index (χ1n) is 8.65. The van der Waals surface area contributed by atoms with Gasteiger partial charge in [-0.2, -0.15) is 28.3 Å². The van der Waals surface area contributed by atoms with Crippen molar-refractivity contribution in [3.05, 3.63) is 70.5 Å². The van der Waals surface area contributed by atoms with Gasteiger partial charge in [-0.25, -0.2) is 0 Å². The lowest BCUT2D eigenvalue weighted by Crippen LogP contribution is -2.35. The summed E-state index contributed by atoms with van der Waals surface area (Å²) in [6.45, 7) is 3.41. The highest BCUT2D eigenvalue weighted by atomic mass is 19.4. The lowest BCUT2D eigenvalue weighted by atomic mass is 9.96. The molecule has 0 spiro atoms. The van der Waals surface area contributed by atoms with E-state index < -0.39 is 11.7 Å². The molecule has 0 aliphatic rings. The molecule has 0 aliphatic heterocycles. The van der Waals surface area contributed by atoms with Crippen LogP contribution in [0.25, 0.3) is 22.5 Å². The van der Waals surface area contributed by atoms with Gasteiger partial charge < -0.3 is 0 Å². The maximum atomic E-state index is 13.0. The van der Waals surface area contributed by atoms with Crippen LogP contribution in [0, 0.1) is 36.5 Å². The zero-order valence-corrected chi connectivity index (χ0v) is 16.0. The molecular formula is C22H16F3N4+. The molecule has 2 aromatic carbocycles. The van der Waals surface area contributed by atoms with Crippen LogP contribution in [-0.2, 0) is 13.2 Å². The third-order valence-electron chi connectivity index (χ3n) is 4.79. The average Bonchev–Trinajstić information content (AvgIpc) is 2.67.